The molecule has 0 aliphatic carbocycles. The molecule has 19 heavy (non-hydrogen) atoms. The van der Waals surface area contributed by atoms with E-state index < -0.39 is 0 Å². The molecule has 2 N–H and O–H groups in total. The van der Waals surface area contributed by atoms with Crippen LogP contribution < -0.4 is 5.73 Å². The van der Waals surface area contributed by atoms with E-state index in [1.165, 1.54) is 0 Å². The van der Waals surface area contributed by atoms with E-state index in [0.717, 1.165) is 45.6 Å². The second-order valence-corrected chi connectivity index (χ2v) is 5.21. The molecule has 0 heterocycles. The molecular weight excluding hydrogens is 238 g/mol. The van der Waals surface area contributed by atoms with Crippen LogP contribution in [0.25, 0.3) is 0 Å². The molecule has 0 saturated heterocycles. The van der Waals surface area contributed by atoms with Crippen molar-refractivity contribution in [2.45, 2.75) is 53.5 Å². The molecule has 0 aromatic rings. The van der Waals surface area contributed by atoms with Gasteiger partial charge in [0.15, 0.2) is 0 Å². The Bertz CT molecular complexity index is 242. The molecule has 0 fully saturated rings. The van der Waals surface area contributed by atoms with Crippen LogP contribution in [-0.4, -0.2) is 54.5 Å². The third kappa shape index (κ3) is 6.39. The first kappa shape index (κ1) is 18.4. The minimum atomic E-state index is -0.349. The Labute approximate surface area is 119 Å². The van der Waals surface area contributed by atoms with Crippen molar-refractivity contribution in [1.29, 1.82) is 0 Å². The lowest BCUT2D eigenvalue weighted by Gasteiger charge is -2.28. The Morgan fingerprint density at radius 1 is 1.05 bits per heavy atom. The molecule has 0 radical (unpaired) electrons. The lowest BCUT2D eigenvalue weighted by Crippen LogP contribution is -2.47. The van der Waals surface area contributed by atoms with E-state index >= 15 is 0 Å². The van der Waals surface area contributed by atoms with Gasteiger partial charge in [0.25, 0.3) is 0 Å². The number of carbonyl (C=O) groups is 1. The van der Waals surface area contributed by atoms with Gasteiger partial charge in [-0.25, -0.2) is 0 Å². The van der Waals surface area contributed by atoms with Crippen molar-refractivity contribution in [3.63, 3.8) is 0 Å². The van der Waals surface area contributed by atoms with Gasteiger partial charge in [-0.1, -0.05) is 34.1 Å². The van der Waals surface area contributed by atoms with Crippen molar-refractivity contribution in [1.82, 2.24) is 9.80 Å². The number of nitrogens with zero attached hydrogens (tertiary/aromatic N) is 2. The fraction of sp³-hybridized carbons (Fsp3) is 0.933. The molecule has 0 bridgehead atoms. The van der Waals surface area contributed by atoms with Crippen LogP contribution in [-0.2, 0) is 4.79 Å². The second kappa shape index (κ2) is 10.2. The monoisotopic (exact) mass is 271 g/mol. The van der Waals surface area contributed by atoms with Crippen molar-refractivity contribution in [3.05, 3.63) is 0 Å². The maximum Gasteiger partial charge on any atom is 0.239 e. The Kier molecular flexibility index (Phi) is 9.88. The zero-order valence-electron chi connectivity index (χ0n) is 13.5. The maximum atomic E-state index is 12.3. The Morgan fingerprint density at radius 2 is 1.63 bits per heavy atom. The van der Waals surface area contributed by atoms with Crippen LogP contribution in [0.3, 0.4) is 0 Å². The third-order valence-corrected chi connectivity index (χ3v) is 4.03. The molecule has 2 atom stereocenters. The van der Waals surface area contributed by atoms with Crippen molar-refractivity contribution in [2.75, 3.05) is 32.7 Å². The van der Waals surface area contributed by atoms with Gasteiger partial charge < -0.3 is 15.5 Å². The van der Waals surface area contributed by atoms with Crippen LogP contribution in [0, 0.1) is 5.92 Å². The van der Waals surface area contributed by atoms with Crippen molar-refractivity contribution in [2.24, 2.45) is 11.7 Å². The van der Waals surface area contributed by atoms with Crippen molar-refractivity contribution >= 4 is 5.91 Å². The molecule has 0 rings (SSSR count). The maximum absolute atomic E-state index is 12.3. The molecule has 2 unspecified atom stereocenters. The summed E-state index contributed by atoms with van der Waals surface area (Å²) in [7, 11) is 0. The van der Waals surface area contributed by atoms with E-state index in [1.54, 1.807) is 0 Å². The molecule has 0 aliphatic rings. The summed E-state index contributed by atoms with van der Waals surface area (Å²) in [5.74, 6) is 0.362. The molecule has 0 aliphatic heterocycles. The van der Waals surface area contributed by atoms with Gasteiger partial charge in [0.2, 0.25) is 5.91 Å². The van der Waals surface area contributed by atoms with Crippen LogP contribution in [0.5, 0.6) is 0 Å². The van der Waals surface area contributed by atoms with Gasteiger partial charge >= 0.3 is 0 Å². The van der Waals surface area contributed by atoms with E-state index in [2.05, 4.69) is 25.7 Å². The molecule has 114 valence electrons. The number of amides is 1. The summed E-state index contributed by atoms with van der Waals surface area (Å²) in [6, 6.07) is -0.349. The van der Waals surface area contributed by atoms with Gasteiger partial charge in [0.05, 0.1) is 6.04 Å². The number of carbonyl (C=O) groups excluding carboxylic acids is 1. The van der Waals surface area contributed by atoms with Crippen LogP contribution in [0.2, 0.25) is 0 Å². The summed E-state index contributed by atoms with van der Waals surface area (Å²) in [6.07, 6.45) is 1.97. The molecular formula is C15H33N3O. The zero-order chi connectivity index (χ0) is 14.8. The van der Waals surface area contributed by atoms with Gasteiger partial charge in [0.1, 0.15) is 0 Å². The number of hydrogen-bond donors (Lipinski definition) is 1. The van der Waals surface area contributed by atoms with Crippen molar-refractivity contribution < 1.29 is 4.79 Å². The van der Waals surface area contributed by atoms with E-state index in [0.29, 0.717) is 0 Å². The van der Waals surface area contributed by atoms with Gasteiger partial charge in [-0.15, -0.1) is 0 Å². The third-order valence-electron chi connectivity index (χ3n) is 4.03. The van der Waals surface area contributed by atoms with Crippen molar-refractivity contribution in [3.8, 4) is 0 Å². The van der Waals surface area contributed by atoms with Crippen LogP contribution in [0.4, 0.5) is 0 Å². The standard InChI is InChI=1S/C15H33N3O/c1-6-13(5)14(16)15(19)18(9-4)12-10-11-17(7-2)8-3/h13-14H,6-12,16H2,1-5H3. The normalized spacial score (nSPS) is 14.5. The quantitative estimate of drug-likeness (QED) is 0.660. The summed E-state index contributed by atoms with van der Waals surface area (Å²) in [4.78, 5) is 16.6. The summed E-state index contributed by atoms with van der Waals surface area (Å²) >= 11 is 0. The van der Waals surface area contributed by atoms with E-state index in [-0.39, 0.29) is 17.9 Å². The predicted molar refractivity (Wildman–Crippen MR) is 82.1 cm³/mol. The van der Waals surface area contributed by atoms with Crippen LogP contribution in [0.1, 0.15) is 47.5 Å². The van der Waals surface area contributed by atoms with Crippen LogP contribution >= 0.6 is 0 Å². The van der Waals surface area contributed by atoms with E-state index in [9.17, 15) is 4.79 Å². The smallest absolute Gasteiger partial charge is 0.239 e. The van der Waals surface area contributed by atoms with E-state index in [1.807, 2.05) is 18.7 Å². The molecule has 1 amide bonds. The minimum Gasteiger partial charge on any atom is -0.342 e. The van der Waals surface area contributed by atoms with Gasteiger partial charge in [-0.3, -0.25) is 4.79 Å². The molecule has 0 spiro atoms. The second-order valence-electron chi connectivity index (χ2n) is 5.21. The summed E-state index contributed by atoms with van der Waals surface area (Å²) in [6.45, 7) is 15.3. The number of hydrogen-bond acceptors (Lipinski definition) is 3. The van der Waals surface area contributed by atoms with Gasteiger partial charge in [-0.05, 0) is 38.9 Å². The first-order valence-corrected chi connectivity index (χ1v) is 7.78. The highest BCUT2D eigenvalue weighted by atomic mass is 16.2. The minimum absolute atomic E-state index is 0.108. The lowest BCUT2D eigenvalue weighted by atomic mass is 9.99. The number of likely N-dealkylation sites (N-methyl/N-ethyl adjacent to an activating group) is 1. The fourth-order valence-electron chi connectivity index (χ4n) is 2.16. The molecule has 4 heteroatoms. The predicted octanol–water partition coefficient (Wildman–Crippen LogP) is 1.94. The molecule has 0 saturated carbocycles. The topological polar surface area (TPSA) is 49.6 Å². The number of rotatable bonds is 10. The Morgan fingerprint density at radius 3 is 2.05 bits per heavy atom. The average molecular weight is 271 g/mol. The highest BCUT2D eigenvalue weighted by Gasteiger charge is 2.23. The largest absolute Gasteiger partial charge is 0.342 e. The molecule has 0 aromatic heterocycles. The Balaban J connectivity index is 4.23. The van der Waals surface area contributed by atoms with E-state index in [4.69, 9.17) is 5.73 Å². The molecule has 0 aromatic carbocycles. The average Bonchev–Trinajstić information content (AvgIpc) is 2.45. The highest BCUT2D eigenvalue weighted by Crippen LogP contribution is 2.09. The first-order chi connectivity index (χ1) is 9.01. The highest BCUT2D eigenvalue weighted by molar-refractivity contribution is 5.81. The Hall–Kier alpha value is -0.610. The lowest BCUT2D eigenvalue weighted by molar-refractivity contribution is -0.133. The van der Waals surface area contributed by atoms with Crippen LogP contribution in [0.15, 0.2) is 0 Å². The molecule has 4 nitrogen and oxygen atoms in total. The first-order valence-electron chi connectivity index (χ1n) is 7.78. The van der Waals surface area contributed by atoms with Gasteiger partial charge in [-0.2, -0.15) is 0 Å². The fourth-order valence-corrected chi connectivity index (χ4v) is 2.16. The SMILES string of the molecule is CCC(C)C(N)C(=O)N(CC)CCCN(CC)CC. The zero-order valence-corrected chi connectivity index (χ0v) is 13.5. The summed E-state index contributed by atoms with van der Waals surface area (Å²) in [5, 5.41) is 0. The summed E-state index contributed by atoms with van der Waals surface area (Å²) in [5.41, 5.74) is 6.03. The summed E-state index contributed by atoms with van der Waals surface area (Å²) < 4.78 is 0. The number of nitrogens with two attached hydrogens (primary N) is 1. The van der Waals surface area contributed by atoms with Gasteiger partial charge in [0, 0.05) is 13.1 Å².